The zero-order chi connectivity index (χ0) is 52.9. The molecule has 2 N–H and O–H groups in total. The lowest BCUT2D eigenvalue weighted by atomic mass is 10.0. The van der Waals surface area contributed by atoms with E-state index in [9.17, 15) is 19.0 Å². The molecule has 72 heavy (non-hydrogen) atoms. The highest BCUT2D eigenvalue weighted by Gasteiger charge is 2.30. The van der Waals surface area contributed by atoms with Crippen LogP contribution in [0.25, 0.3) is 0 Å². The van der Waals surface area contributed by atoms with Gasteiger partial charge in [0.25, 0.3) is 0 Å². The summed E-state index contributed by atoms with van der Waals surface area (Å²) in [5.74, 6) is -0.486. The highest BCUT2D eigenvalue weighted by atomic mass is 31.2. The molecule has 9 nitrogen and oxygen atoms in total. The number of nitrogens with one attached hydrogen (secondary N) is 1. The van der Waals surface area contributed by atoms with Crippen molar-refractivity contribution in [2.75, 3.05) is 40.9 Å². The van der Waals surface area contributed by atoms with Gasteiger partial charge in [0.1, 0.15) is 19.3 Å². The van der Waals surface area contributed by atoms with Gasteiger partial charge in [0, 0.05) is 12.8 Å². The molecule has 0 aliphatic carbocycles. The smallest absolute Gasteiger partial charge is 0.456 e. The summed E-state index contributed by atoms with van der Waals surface area (Å²) in [5, 5.41) is 3.06. The normalized spacial score (nSPS) is 13.7. The molecule has 0 aromatic carbocycles. The van der Waals surface area contributed by atoms with Gasteiger partial charge >= 0.3 is 13.8 Å². The summed E-state index contributed by atoms with van der Waals surface area (Å²) in [6.07, 6.45) is 60.7. The summed E-state index contributed by atoms with van der Waals surface area (Å²) < 4.78 is 30.7. The number of ether oxygens (including phenoxy) is 1. The van der Waals surface area contributed by atoms with Crippen LogP contribution in [0.4, 0.5) is 0 Å². The van der Waals surface area contributed by atoms with Crippen LogP contribution in [0.3, 0.4) is 0 Å². The summed E-state index contributed by atoms with van der Waals surface area (Å²) >= 11 is 0. The Balaban J connectivity index is 5.05. The maximum Gasteiger partial charge on any atom is 0.472 e. The summed E-state index contributed by atoms with van der Waals surface area (Å²) in [6, 6.07) is -0.838. The van der Waals surface area contributed by atoms with Gasteiger partial charge in [0.05, 0.1) is 33.8 Å². The average Bonchev–Trinajstić information content (AvgIpc) is 3.34. The summed E-state index contributed by atoms with van der Waals surface area (Å²) in [6.45, 7) is 7.05. The van der Waals surface area contributed by atoms with Crippen LogP contribution in [-0.2, 0) is 27.9 Å². The van der Waals surface area contributed by atoms with Crippen molar-refractivity contribution >= 4 is 19.7 Å². The molecular formula is C62H124N2O7P+. The van der Waals surface area contributed by atoms with Gasteiger partial charge in [-0.05, 0) is 31.8 Å². The number of likely N-dealkylation sites (N-methyl/N-ethyl adjacent to an activating group) is 1. The van der Waals surface area contributed by atoms with Gasteiger partial charge < -0.3 is 19.4 Å². The third-order valence-corrected chi connectivity index (χ3v) is 15.5. The highest BCUT2D eigenvalue weighted by molar-refractivity contribution is 7.47. The minimum atomic E-state index is -4.44. The Morgan fingerprint density at radius 2 is 0.792 bits per heavy atom. The van der Waals surface area contributed by atoms with E-state index in [4.69, 9.17) is 13.8 Å². The lowest BCUT2D eigenvalue weighted by molar-refractivity contribution is -0.870. The molecule has 0 aromatic rings. The van der Waals surface area contributed by atoms with Crippen molar-refractivity contribution in [3.8, 4) is 0 Å². The lowest BCUT2D eigenvalue weighted by Gasteiger charge is -2.27. The standard InChI is InChI=1S/C62H123N2O7P/c1-7-10-13-16-19-22-25-27-28-29-30-31-32-33-34-35-36-37-40-42-45-48-51-54-61(65)63-59(58-70-72(67,68)69-57-56-64(4,5)6)60(53-50-47-44-41-39-26-23-20-17-14-11-8-2)71-62(66)55-52-49-46-43-38-24-21-18-15-12-9-3/h50,53,59-60H,7-49,51-52,54-58H2,1-6H3,(H-,63,65,67,68)/p+1/b53-50-. The van der Waals surface area contributed by atoms with E-state index in [1.165, 1.54) is 231 Å². The minimum absolute atomic E-state index is 0.0456. The average molecular weight is 1040 g/mol. The van der Waals surface area contributed by atoms with Crippen LogP contribution in [0.5, 0.6) is 0 Å². The molecule has 0 aliphatic heterocycles. The second-order valence-electron chi connectivity index (χ2n) is 23.0. The Bertz CT molecular complexity index is 1240. The van der Waals surface area contributed by atoms with Gasteiger partial charge in [0.2, 0.25) is 5.91 Å². The molecule has 0 saturated heterocycles. The zero-order valence-electron chi connectivity index (χ0n) is 49.0. The van der Waals surface area contributed by atoms with Crippen molar-refractivity contribution in [3.05, 3.63) is 12.2 Å². The first-order valence-corrected chi connectivity index (χ1v) is 33.0. The molecule has 0 bridgehead atoms. The Hall–Kier alpha value is -1.25. The Morgan fingerprint density at radius 3 is 1.14 bits per heavy atom. The zero-order valence-corrected chi connectivity index (χ0v) is 49.9. The second-order valence-corrected chi connectivity index (χ2v) is 24.4. The van der Waals surface area contributed by atoms with E-state index in [2.05, 4.69) is 26.1 Å². The van der Waals surface area contributed by atoms with E-state index in [1.807, 2.05) is 33.3 Å². The van der Waals surface area contributed by atoms with Crippen molar-refractivity contribution in [3.63, 3.8) is 0 Å². The SMILES string of the molecule is CCCCCCCCCCCC/C=C\C(OC(=O)CCCCCCCCCCCCC)C(COP(=O)(O)OCC[N+](C)(C)C)NC(=O)CCCCCCCCCCCCCCCCCCCCCCCCC. The number of phosphoric ester groups is 1. The van der Waals surface area contributed by atoms with E-state index >= 15 is 0 Å². The molecule has 3 atom stereocenters. The number of carbonyl (C=O) groups is 2. The Kier molecular flexibility index (Phi) is 52.2. The monoisotopic (exact) mass is 1040 g/mol. The molecule has 1 amide bonds. The van der Waals surface area contributed by atoms with Crippen LogP contribution in [0.1, 0.15) is 323 Å². The molecule has 10 heteroatoms. The van der Waals surface area contributed by atoms with Gasteiger partial charge in [-0.3, -0.25) is 18.6 Å². The predicted octanol–water partition coefficient (Wildman–Crippen LogP) is 19.2. The summed E-state index contributed by atoms with van der Waals surface area (Å²) in [7, 11) is 1.52. The predicted molar refractivity (Wildman–Crippen MR) is 310 cm³/mol. The van der Waals surface area contributed by atoms with Crippen molar-refractivity contribution in [2.24, 2.45) is 0 Å². The van der Waals surface area contributed by atoms with E-state index in [0.29, 0.717) is 23.9 Å². The fourth-order valence-corrected chi connectivity index (χ4v) is 10.3. The molecule has 0 aromatic heterocycles. The van der Waals surface area contributed by atoms with Crippen LogP contribution in [0.15, 0.2) is 12.2 Å². The van der Waals surface area contributed by atoms with Crippen molar-refractivity contribution in [1.82, 2.24) is 5.32 Å². The lowest BCUT2D eigenvalue weighted by Crippen LogP contribution is -2.47. The summed E-state index contributed by atoms with van der Waals surface area (Å²) in [4.78, 5) is 37.6. The number of hydrogen-bond donors (Lipinski definition) is 2. The molecule has 428 valence electrons. The van der Waals surface area contributed by atoms with Gasteiger partial charge in [-0.1, -0.05) is 290 Å². The van der Waals surface area contributed by atoms with Gasteiger partial charge in [-0.2, -0.15) is 0 Å². The first-order valence-electron chi connectivity index (χ1n) is 31.5. The minimum Gasteiger partial charge on any atom is -0.456 e. The van der Waals surface area contributed by atoms with Crippen molar-refractivity contribution < 1.29 is 37.3 Å². The van der Waals surface area contributed by atoms with Crippen molar-refractivity contribution in [2.45, 2.75) is 335 Å². The fourth-order valence-electron chi connectivity index (χ4n) is 9.59. The van der Waals surface area contributed by atoms with E-state index in [-0.39, 0.29) is 25.1 Å². The molecule has 0 radical (unpaired) electrons. The Morgan fingerprint density at radius 1 is 0.472 bits per heavy atom. The maximum absolute atomic E-state index is 13.5. The number of amides is 1. The molecule has 0 rings (SSSR count). The van der Waals surface area contributed by atoms with Gasteiger partial charge in [0.15, 0.2) is 0 Å². The fraction of sp³-hybridized carbons (Fsp3) is 0.935. The maximum atomic E-state index is 13.5. The van der Waals surface area contributed by atoms with Crippen LogP contribution >= 0.6 is 7.82 Å². The van der Waals surface area contributed by atoms with E-state index in [0.717, 1.165) is 57.8 Å². The topological polar surface area (TPSA) is 111 Å². The number of phosphoric acid groups is 1. The van der Waals surface area contributed by atoms with Gasteiger partial charge in [-0.25, -0.2) is 4.57 Å². The highest BCUT2D eigenvalue weighted by Crippen LogP contribution is 2.43. The van der Waals surface area contributed by atoms with Crippen LogP contribution in [-0.4, -0.2) is 74.3 Å². The quantitative estimate of drug-likeness (QED) is 0.0205. The molecule has 0 heterocycles. The number of esters is 1. The molecular weight excluding hydrogens is 916 g/mol. The van der Waals surface area contributed by atoms with Crippen LogP contribution < -0.4 is 5.32 Å². The molecule has 0 fully saturated rings. The van der Waals surface area contributed by atoms with Crippen LogP contribution in [0.2, 0.25) is 0 Å². The van der Waals surface area contributed by atoms with Crippen molar-refractivity contribution in [1.29, 1.82) is 0 Å². The van der Waals surface area contributed by atoms with E-state index in [1.54, 1.807) is 0 Å². The number of allylic oxidation sites excluding steroid dienone is 1. The third kappa shape index (κ3) is 53.6. The van der Waals surface area contributed by atoms with Crippen LogP contribution in [0, 0.1) is 0 Å². The number of quaternary nitrogens is 1. The first kappa shape index (κ1) is 70.8. The largest absolute Gasteiger partial charge is 0.472 e. The number of carbonyl (C=O) groups excluding carboxylic acids is 2. The first-order chi connectivity index (χ1) is 34.9. The Labute approximate surface area is 448 Å². The number of unbranched alkanes of at least 4 members (excludes halogenated alkanes) is 42. The number of hydrogen-bond acceptors (Lipinski definition) is 6. The number of nitrogens with zero attached hydrogens (tertiary/aromatic N) is 1. The summed E-state index contributed by atoms with van der Waals surface area (Å²) in [5.41, 5.74) is 0. The van der Waals surface area contributed by atoms with E-state index < -0.39 is 20.0 Å². The molecule has 0 saturated carbocycles. The molecule has 0 aliphatic rings. The third-order valence-electron chi connectivity index (χ3n) is 14.5. The number of rotatable bonds is 58. The second kappa shape index (κ2) is 53.2. The molecule has 3 unspecified atom stereocenters. The molecule has 0 spiro atoms. The van der Waals surface area contributed by atoms with Gasteiger partial charge in [-0.15, -0.1) is 0 Å².